The average Bonchev–Trinajstić information content (AvgIpc) is 3.05. The number of hydrogen-bond donors (Lipinski definition) is 0. The summed E-state index contributed by atoms with van der Waals surface area (Å²) in [5, 5.41) is 2.60. The molecule has 5 heteroatoms. The molecule has 2 nitrogen and oxygen atoms in total. The number of hydrogen-bond acceptors (Lipinski definition) is 3. The minimum absolute atomic E-state index is 0.987. The van der Waals surface area contributed by atoms with Crippen LogP contribution in [-0.4, -0.2) is 7.05 Å². The zero-order valence-electron chi connectivity index (χ0n) is 12.9. The summed E-state index contributed by atoms with van der Waals surface area (Å²) >= 11 is 6.11. The van der Waals surface area contributed by atoms with E-state index in [1.165, 1.54) is 34.4 Å². The molecule has 23 heavy (non-hydrogen) atoms. The van der Waals surface area contributed by atoms with Gasteiger partial charge in [-0.1, -0.05) is 35.2 Å². The van der Waals surface area contributed by atoms with E-state index in [2.05, 4.69) is 94.6 Å². The Balaban J connectivity index is 1.82. The van der Waals surface area contributed by atoms with E-state index in [0.717, 1.165) is 6.54 Å². The zero-order chi connectivity index (χ0) is 16.0. The summed E-state index contributed by atoms with van der Waals surface area (Å²) < 4.78 is 5.05. The van der Waals surface area contributed by atoms with Gasteiger partial charge in [0.1, 0.15) is 11.2 Å². The van der Waals surface area contributed by atoms with Gasteiger partial charge in [-0.05, 0) is 53.8 Å². The van der Waals surface area contributed by atoms with Crippen LogP contribution in [0.2, 0.25) is 0 Å². The minimum Gasteiger partial charge on any atom is -0.338 e. The molecule has 4 rings (SSSR count). The summed E-state index contributed by atoms with van der Waals surface area (Å²) in [5.41, 5.74) is 2.62. The van der Waals surface area contributed by atoms with Gasteiger partial charge in [0.15, 0.2) is 0 Å². The maximum absolute atomic E-state index is 2.40. The lowest BCUT2D eigenvalue weighted by Gasteiger charge is -2.12. The number of fused-ring (bicyclic) bond motifs is 2. The van der Waals surface area contributed by atoms with Crippen molar-refractivity contribution < 1.29 is 4.57 Å². The third-order valence-corrected chi connectivity index (χ3v) is 6.96. The van der Waals surface area contributed by atoms with Crippen molar-refractivity contribution in [2.75, 3.05) is 11.9 Å². The van der Waals surface area contributed by atoms with Crippen molar-refractivity contribution in [3.8, 4) is 0 Å². The van der Waals surface area contributed by atoms with Crippen molar-refractivity contribution in [1.29, 1.82) is 0 Å². The molecule has 3 aromatic rings. The normalized spacial score (nSPS) is 15.6. The molecule has 1 aliphatic rings. The predicted octanol–water partition coefficient (Wildman–Crippen LogP) is 5.35. The summed E-state index contributed by atoms with van der Waals surface area (Å²) in [5.74, 6) is 0. The summed E-state index contributed by atoms with van der Waals surface area (Å²) in [6, 6.07) is 15.3. The molecule has 0 saturated heterocycles. The van der Waals surface area contributed by atoms with Crippen LogP contribution in [0.5, 0.6) is 0 Å². The Morgan fingerprint density at radius 3 is 2.83 bits per heavy atom. The van der Waals surface area contributed by atoms with Gasteiger partial charge in [-0.15, -0.1) is 0 Å². The second kappa shape index (κ2) is 6.11. The molecule has 0 aliphatic carbocycles. The van der Waals surface area contributed by atoms with Crippen LogP contribution < -0.4 is 9.47 Å². The highest BCUT2D eigenvalue weighted by atomic mass is 127. The lowest BCUT2D eigenvalue weighted by Crippen LogP contribution is -2.33. The van der Waals surface area contributed by atoms with Gasteiger partial charge in [0, 0.05) is 21.6 Å². The second-order valence-electron chi connectivity index (χ2n) is 5.41. The fourth-order valence-corrected chi connectivity index (χ4v) is 5.93. The standard InChI is InChI=1S/C18H16IN2S2/c1-3-21-14-9-8-12(19)10-16(14)23-18(21)11-17-20(2)13-6-4-5-7-15(13)22-17/h4-11H,3H2,1-2H3/q+1. The monoisotopic (exact) mass is 451 g/mol. The largest absolute Gasteiger partial charge is 0.338 e. The number of halogens is 1. The van der Waals surface area contributed by atoms with E-state index in [0.29, 0.717) is 0 Å². The van der Waals surface area contributed by atoms with Crippen molar-refractivity contribution in [2.24, 2.45) is 0 Å². The van der Waals surface area contributed by atoms with E-state index in [1.807, 2.05) is 23.1 Å². The molecule has 116 valence electrons. The maximum atomic E-state index is 2.40. The van der Waals surface area contributed by atoms with Gasteiger partial charge < -0.3 is 4.90 Å². The molecule has 0 spiro atoms. The molecule has 0 unspecified atom stereocenters. The van der Waals surface area contributed by atoms with Crippen LogP contribution in [0.4, 0.5) is 5.69 Å². The first-order valence-electron chi connectivity index (χ1n) is 7.51. The number of thioether (sulfide) groups is 1. The Hall–Kier alpha value is -1.05. The molecule has 2 heterocycles. The van der Waals surface area contributed by atoms with E-state index in [9.17, 15) is 0 Å². The van der Waals surface area contributed by atoms with Crippen molar-refractivity contribution in [3.05, 3.63) is 56.1 Å². The van der Waals surface area contributed by atoms with Gasteiger partial charge in [0.05, 0.1) is 16.8 Å². The summed E-state index contributed by atoms with van der Waals surface area (Å²) in [6.45, 7) is 3.20. The van der Waals surface area contributed by atoms with E-state index >= 15 is 0 Å². The van der Waals surface area contributed by atoms with Crippen LogP contribution in [0.15, 0.2) is 52.4 Å². The maximum Gasteiger partial charge on any atom is 0.265 e. The molecule has 2 aromatic carbocycles. The molecule has 0 saturated carbocycles. The number of benzene rings is 2. The second-order valence-corrected chi connectivity index (χ2v) is 8.78. The molecule has 0 amide bonds. The van der Waals surface area contributed by atoms with Gasteiger partial charge in [0.2, 0.25) is 5.52 Å². The Morgan fingerprint density at radius 1 is 1.22 bits per heavy atom. The van der Waals surface area contributed by atoms with Crippen LogP contribution in [-0.2, 0) is 6.54 Å². The fourth-order valence-electron chi connectivity index (χ4n) is 2.87. The molecule has 1 aliphatic heterocycles. The molecule has 0 N–H and O–H groups in total. The molecule has 1 aromatic heterocycles. The lowest BCUT2D eigenvalue weighted by atomic mass is 10.3. The molecule has 0 radical (unpaired) electrons. The molecular weight excluding hydrogens is 435 g/mol. The number of thiazole rings is 1. The Bertz CT molecular complexity index is 930. The topological polar surface area (TPSA) is 7.12 Å². The van der Waals surface area contributed by atoms with Crippen molar-refractivity contribution in [2.45, 2.75) is 18.4 Å². The van der Waals surface area contributed by atoms with Gasteiger partial charge in [-0.3, -0.25) is 0 Å². The SMILES string of the molecule is CC[n+]1c(C=C2Sc3ccccc3N2C)sc2cc(I)ccc21. The Labute approximate surface area is 158 Å². The fraction of sp³-hybridized carbons (Fsp3) is 0.167. The number of rotatable bonds is 2. The summed E-state index contributed by atoms with van der Waals surface area (Å²) in [7, 11) is 2.15. The average molecular weight is 451 g/mol. The van der Waals surface area contributed by atoms with Crippen molar-refractivity contribution in [3.63, 3.8) is 0 Å². The van der Waals surface area contributed by atoms with E-state index in [4.69, 9.17) is 0 Å². The number of anilines is 1. The Kier molecular flexibility index (Phi) is 4.11. The van der Waals surface area contributed by atoms with Gasteiger partial charge in [0.25, 0.3) is 5.01 Å². The number of nitrogens with zero attached hydrogens (tertiary/aromatic N) is 2. The van der Waals surface area contributed by atoms with E-state index in [1.54, 1.807) is 0 Å². The molecule has 0 bridgehead atoms. The van der Waals surface area contributed by atoms with Crippen LogP contribution >= 0.6 is 45.7 Å². The first-order valence-corrected chi connectivity index (χ1v) is 10.2. The minimum atomic E-state index is 0.987. The lowest BCUT2D eigenvalue weighted by molar-refractivity contribution is -0.665. The zero-order valence-corrected chi connectivity index (χ0v) is 16.7. The quantitative estimate of drug-likeness (QED) is 0.383. The summed E-state index contributed by atoms with van der Waals surface area (Å²) in [4.78, 5) is 3.62. The van der Waals surface area contributed by atoms with Crippen LogP contribution in [0.25, 0.3) is 16.3 Å². The highest BCUT2D eigenvalue weighted by Crippen LogP contribution is 2.45. The van der Waals surface area contributed by atoms with E-state index in [-0.39, 0.29) is 0 Å². The highest BCUT2D eigenvalue weighted by Gasteiger charge is 2.24. The molecular formula is C18H16IN2S2+. The van der Waals surface area contributed by atoms with E-state index < -0.39 is 0 Å². The first kappa shape index (κ1) is 15.5. The van der Waals surface area contributed by atoms with Crippen LogP contribution in [0, 0.1) is 3.57 Å². The smallest absolute Gasteiger partial charge is 0.265 e. The number of aryl methyl sites for hydroxylation is 1. The number of aromatic nitrogens is 1. The number of para-hydroxylation sites is 1. The Morgan fingerprint density at radius 2 is 2.04 bits per heavy atom. The van der Waals surface area contributed by atoms with Crippen molar-refractivity contribution >= 4 is 67.7 Å². The van der Waals surface area contributed by atoms with Crippen LogP contribution in [0.3, 0.4) is 0 Å². The molecule has 0 atom stereocenters. The van der Waals surface area contributed by atoms with Gasteiger partial charge in [-0.2, -0.15) is 4.57 Å². The van der Waals surface area contributed by atoms with Gasteiger partial charge >= 0.3 is 0 Å². The van der Waals surface area contributed by atoms with Crippen molar-refractivity contribution in [1.82, 2.24) is 0 Å². The summed E-state index contributed by atoms with van der Waals surface area (Å²) in [6.07, 6.45) is 2.33. The highest BCUT2D eigenvalue weighted by molar-refractivity contribution is 14.1. The third-order valence-electron chi connectivity index (χ3n) is 4.03. The third kappa shape index (κ3) is 2.68. The molecule has 0 fully saturated rings. The van der Waals surface area contributed by atoms with Crippen LogP contribution in [0.1, 0.15) is 11.9 Å². The predicted molar refractivity (Wildman–Crippen MR) is 109 cm³/mol. The van der Waals surface area contributed by atoms with Gasteiger partial charge in [-0.25, -0.2) is 0 Å². The first-order chi connectivity index (χ1) is 11.2.